The van der Waals surface area contributed by atoms with E-state index in [9.17, 15) is 13.5 Å². The van der Waals surface area contributed by atoms with Gasteiger partial charge in [0.1, 0.15) is 0 Å². The Morgan fingerprint density at radius 1 is 1.25 bits per heavy atom. The van der Waals surface area contributed by atoms with E-state index >= 15 is 0 Å². The van der Waals surface area contributed by atoms with E-state index in [1.165, 1.54) is 0 Å². The summed E-state index contributed by atoms with van der Waals surface area (Å²) in [5.41, 5.74) is 1.35. The minimum atomic E-state index is -3.23. The van der Waals surface area contributed by atoms with E-state index in [1.807, 2.05) is 26.0 Å². The highest BCUT2D eigenvalue weighted by atomic mass is 32.2. The molecule has 0 heterocycles. The Labute approximate surface area is 120 Å². The fraction of sp³-hybridized carbons (Fsp3) is 0.571. The maximum atomic E-state index is 11.5. The van der Waals surface area contributed by atoms with Crippen molar-refractivity contribution in [3.63, 3.8) is 0 Å². The molecule has 0 spiro atoms. The van der Waals surface area contributed by atoms with Crippen molar-refractivity contribution in [2.24, 2.45) is 5.41 Å². The van der Waals surface area contributed by atoms with Crippen molar-refractivity contribution < 1.29 is 13.5 Å². The predicted octanol–water partition coefficient (Wildman–Crippen LogP) is 2.02. The molecule has 6 heteroatoms. The van der Waals surface area contributed by atoms with Crippen LogP contribution in [0.5, 0.6) is 0 Å². The third-order valence-corrected chi connectivity index (χ3v) is 5.40. The fourth-order valence-corrected chi connectivity index (χ4v) is 2.87. The van der Waals surface area contributed by atoms with E-state index in [0.29, 0.717) is 5.69 Å². The van der Waals surface area contributed by atoms with E-state index in [0.717, 1.165) is 12.1 Å². The molecule has 1 fully saturated rings. The Kier molecular flexibility index (Phi) is 3.97. The molecule has 0 radical (unpaired) electrons. The first kappa shape index (κ1) is 15.1. The maximum absolute atomic E-state index is 11.5. The Hall–Kier alpha value is -1.27. The smallest absolute Gasteiger partial charge is 0.232 e. The van der Waals surface area contributed by atoms with Crippen LogP contribution >= 0.6 is 0 Å². The second kappa shape index (κ2) is 5.26. The van der Waals surface area contributed by atoms with Gasteiger partial charge in [0.25, 0.3) is 0 Å². The number of anilines is 2. The average Bonchev–Trinajstić information content (AvgIpc) is 2.40. The fourth-order valence-electron chi connectivity index (χ4n) is 2.23. The van der Waals surface area contributed by atoms with Crippen LogP contribution in [-0.4, -0.2) is 31.4 Å². The van der Waals surface area contributed by atoms with E-state index < -0.39 is 10.0 Å². The molecule has 1 aromatic rings. The first-order valence-electron chi connectivity index (χ1n) is 6.80. The van der Waals surface area contributed by atoms with Gasteiger partial charge in [-0.2, -0.15) is 0 Å². The highest BCUT2D eigenvalue weighted by molar-refractivity contribution is 7.92. The van der Waals surface area contributed by atoms with Gasteiger partial charge in [0.2, 0.25) is 10.0 Å². The normalized spacial score (nSPS) is 24.8. The number of aliphatic hydroxyl groups excluding tert-OH is 1. The summed E-state index contributed by atoms with van der Waals surface area (Å²) in [6, 6.07) is 7.38. The lowest BCUT2D eigenvalue weighted by Crippen LogP contribution is -2.56. The lowest BCUT2D eigenvalue weighted by molar-refractivity contribution is -0.0510. The second-order valence-electron chi connectivity index (χ2n) is 5.85. The Morgan fingerprint density at radius 2 is 1.80 bits per heavy atom. The molecular formula is C14H22N2O3S. The first-order chi connectivity index (χ1) is 9.24. The number of rotatable bonds is 5. The van der Waals surface area contributed by atoms with Crippen LogP contribution in [-0.2, 0) is 10.0 Å². The van der Waals surface area contributed by atoms with Gasteiger partial charge in [0.05, 0.1) is 11.9 Å². The number of aliphatic hydroxyl groups is 1. The summed E-state index contributed by atoms with van der Waals surface area (Å²) in [4.78, 5) is 0. The molecule has 20 heavy (non-hydrogen) atoms. The Morgan fingerprint density at radius 3 is 2.25 bits per heavy atom. The molecule has 5 nitrogen and oxygen atoms in total. The first-order valence-corrected chi connectivity index (χ1v) is 8.45. The van der Waals surface area contributed by atoms with E-state index in [2.05, 4.69) is 10.0 Å². The van der Waals surface area contributed by atoms with Crippen LogP contribution in [0.2, 0.25) is 0 Å². The zero-order chi connectivity index (χ0) is 15.0. The van der Waals surface area contributed by atoms with E-state index in [1.54, 1.807) is 19.1 Å². The SMILES string of the molecule is CCS(=O)(=O)Nc1ccc(NC2CC(O)C2(C)C)cc1. The van der Waals surface area contributed by atoms with Gasteiger partial charge in [-0.1, -0.05) is 13.8 Å². The van der Waals surface area contributed by atoms with Gasteiger partial charge in [0.15, 0.2) is 0 Å². The Bertz CT molecular complexity index is 567. The highest BCUT2D eigenvalue weighted by Gasteiger charge is 2.47. The lowest BCUT2D eigenvalue weighted by Gasteiger charge is -2.49. The van der Waals surface area contributed by atoms with Crippen molar-refractivity contribution in [2.45, 2.75) is 39.3 Å². The molecule has 112 valence electrons. The molecule has 0 amide bonds. The minimum Gasteiger partial charge on any atom is -0.392 e. The zero-order valence-electron chi connectivity index (χ0n) is 12.1. The van der Waals surface area contributed by atoms with E-state index in [-0.39, 0.29) is 23.3 Å². The molecule has 0 aromatic heterocycles. The molecule has 1 aliphatic rings. The molecule has 1 saturated carbocycles. The van der Waals surface area contributed by atoms with Gasteiger partial charge in [-0.15, -0.1) is 0 Å². The van der Waals surface area contributed by atoms with Crippen LogP contribution in [0.25, 0.3) is 0 Å². The van der Waals surface area contributed by atoms with Crippen LogP contribution < -0.4 is 10.0 Å². The lowest BCUT2D eigenvalue weighted by atomic mass is 9.64. The minimum absolute atomic E-state index is 0.0567. The third kappa shape index (κ3) is 3.07. The number of sulfonamides is 1. The van der Waals surface area contributed by atoms with Gasteiger partial charge < -0.3 is 10.4 Å². The summed E-state index contributed by atoms with van der Waals surface area (Å²) in [7, 11) is -3.23. The molecule has 0 saturated heterocycles. The summed E-state index contributed by atoms with van der Waals surface area (Å²) in [5.74, 6) is 0.0567. The van der Waals surface area contributed by atoms with Crippen molar-refractivity contribution in [3.8, 4) is 0 Å². The molecule has 3 N–H and O–H groups in total. The van der Waals surface area contributed by atoms with Gasteiger partial charge >= 0.3 is 0 Å². The number of hydrogen-bond donors (Lipinski definition) is 3. The summed E-state index contributed by atoms with van der Waals surface area (Å²) in [6.07, 6.45) is 0.465. The predicted molar refractivity (Wildman–Crippen MR) is 81.3 cm³/mol. The third-order valence-electron chi connectivity index (χ3n) is 4.10. The van der Waals surface area contributed by atoms with Gasteiger partial charge in [-0.25, -0.2) is 8.42 Å². The summed E-state index contributed by atoms with van der Waals surface area (Å²) in [5, 5.41) is 13.1. The molecule has 0 aliphatic heterocycles. The monoisotopic (exact) mass is 298 g/mol. The largest absolute Gasteiger partial charge is 0.392 e. The van der Waals surface area contributed by atoms with Crippen molar-refractivity contribution in [1.82, 2.24) is 0 Å². The van der Waals surface area contributed by atoms with Crippen LogP contribution in [0, 0.1) is 5.41 Å². The van der Waals surface area contributed by atoms with Crippen molar-refractivity contribution in [1.29, 1.82) is 0 Å². The Balaban J connectivity index is 1.99. The van der Waals surface area contributed by atoms with Gasteiger partial charge in [0, 0.05) is 22.8 Å². The van der Waals surface area contributed by atoms with Crippen LogP contribution in [0.1, 0.15) is 27.2 Å². The zero-order valence-corrected chi connectivity index (χ0v) is 12.9. The molecule has 0 bridgehead atoms. The van der Waals surface area contributed by atoms with Crippen LogP contribution in [0.15, 0.2) is 24.3 Å². The van der Waals surface area contributed by atoms with Crippen molar-refractivity contribution in [2.75, 3.05) is 15.8 Å². The standard InChI is InChI=1S/C14H22N2O3S/c1-4-20(18,19)16-11-7-5-10(6-8-11)15-12-9-13(17)14(12,2)3/h5-8,12-13,15-17H,4,9H2,1-3H3. The molecule has 2 unspecified atom stereocenters. The van der Waals surface area contributed by atoms with Crippen molar-refractivity contribution >= 4 is 21.4 Å². The van der Waals surface area contributed by atoms with Gasteiger partial charge in [-0.05, 0) is 37.6 Å². The molecule has 1 aliphatic carbocycles. The van der Waals surface area contributed by atoms with Crippen LogP contribution in [0.4, 0.5) is 11.4 Å². The quantitative estimate of drug-likeness (QED) is 0.777. The maximum Gasteiger partial charge on any atom is 0.232 e. The topological polar surface area (TPSA) is 78.4 Å². The summed E-state index contributed by atoms with van der Waals surface area (Å²) in [6.45, 7) is 5.66. The van der Waals surface area contributed by atoms with Crippen molar-refractivity contribution in [3.05, 3.63) is 24.3 Å². The average molecular weight is 298 g/mol. The summed E-state index contributed by atoms with van der Waals surface area (Å²) >= 11 is 0. The number of nitrogens with one attached hydrogen (secondary N) is 2. The number of benzene rings is 1. The highest BCUT2D eigenvalue weighted by Crippen LogP contribution is 2.42. The summed E-state index contributed by atoms with van der Waals surface area (Å²) < 4.78 is 25.4. The van der Waals surface area contributed by atoms with Crippen LogP contribution in [0.3, 0.4) is 0 Å². The molecular weight excluding hydrogens is 276 g/mol. The molecule has 2 rings (SSSR count). The van der Waals surface area contributed by atoms with E-state index in [4.69, 9.17) is 0 Å². The second-order valence-corrected chi connectivity index (χ2v) is 7.86. The number of hydrogen-bond acceptors (Lipinski definition) is 4. The van der Waals surface area contributed by atoms with Gasteiger partial charge in [-0.3, -0.25) is 4.72 Å². The molecule has 2 atom stereocenters. The molecule has 1 aromatic carbocycles.